The molecule has 5 nitrogen and oxygen atoms in total. The molecule has 2 aromatic rings. The number of halogens is 1. The lowest BCUT2D eigenvalue weighted by molar-refractivity contribution is -0.384. The van der Waals surface area contributed by atoms with Crippen molar-refractivity contribution in [2.24, 2.45) is 0 Å². The Morgan fingerprint density at radius 1 is 1.20 bits per heavy atom. The van der Waals surface area contributed by atoms with Crippen molar-refractivity contribution in [1.82, 2.24) is 0 Å². The number of benzene rings is 2. The first kappa shape index (κ1) is 14.5. The molecule has 0 saturated carbocycles. The predicted molar refractivity (Wildman–Crippen MR) is 79.1 cm³/mol. The number of hydrogen-bond acceptors (Lipinski definition) is 4. The summed E-state index contributed by atoms with van der Waals surface area (Å²) in [7, 11) is -1.36. The Morgan fingerprint density at radius 3 is 2.40 bits per heavy atom. The fourth-order valence-electron chi connectivity index (χ4n) is 1.66. The Bertz CT molecular complexity index is 654. The molecule has 0 saturated heterocycles. The SMILES string of the molecule is Nc1cccc(Cl)c1CS(=O)c1ccc([N+](=O)[O-])cc1. The average Bonchev–Trinajstić information content (AvgIpc) is 2.43. The molecule has 0 aliphatic carbocycles. The highest BCUT2D eigenvalue weighted by molar-refractivity contribution is 7.84. The van der Waals surface area contributed by atoms with E-state index in [4.69, 9.17) is 17.3 Å². The Labute approximate surface area is 123 Å². The van der Waals surface area contributed by atoms with Crippen LogP contribution in [0.25, 0.3) is 0 Å². The summed E-state index contributed by atoms with van der Waals surface area (Å²) >= 11 is 6.02. The molecule has 20 heavy (non-hydrogen) atoms. The van der Waals surface area contributed by atoms with Gasteiger partial charge in [0.1, 0.15) is 0 Å². The molecular formula is C13H11ClN2O3S. The molecule has 0 radical (unpaired) electrons. The smallest absolute Gasteiger partial charge is 0.269 e. The van der Waals surface area contributed by atoms with Crippen LogP contribution in [0.3, 0.4) is 0 Å². The summed E-state index contributed by atoms with van der Waals surface area (Å²) in [6.45, 7) is 0. The third-order valence-electron chi connectivity index (χ3n) is 2.74. The molecule has 2 rings (SSSR count). The highest BCUT2D eigenvalue weighted by atomic mass is 35.5. The summed E-state index contributed by atoms with van der Waals surface area (Å²) in [6.07, 6.45) is 0. The molecule has 104 valence electrons. The molecule has 1 unspecified atom stereocenters. The van der Waals surface area contributed by atoms with Crippen molar-refractivity contribution in [2.45, 2.75) is 10.6 Å². The standard InChI is InChI=1S/C13H11ClN2O3S/c14-12-2-1-3-13(15)11(12)8-20(19)10-6-4-9(5-7-10)16(17)18/h1-7H,8,15H2. The fourth-order valence-corrected chi connectivity index (χ4v) is 3.18. The van der Waals surface area contributed by atoms with Gasteiger partial charge >= 0.3 is 0 Å². The van der Waals surface area contributed by atoms with Crippen LogP contribution < -0.4 is 5.73 Å². The minimum Gasteiger partial charge on any atom is -0.398 e. The minimum atomic E-state index is -1.36. The van der Waals surface area contributed by atoms with Gasteiger partial charge in [-0.05, 0) is 24.3 Å². The zero-order valence-corrected chi connectivity index (χ0v) is 11.9. The monoisotopic (exact) mass is 310 g/mol. The van der Waals surface area contributed by atoms with Gasteiger partial charge in [0.15, 0.2) is 0 Å². The van der Waals surface area contributed by atoms with Crippen molar-refractivity contribution in [3.05, 3.63) is 63.2 Å². The van der Waals surface area contributed by atoms with Crippen LogP contribution in [-0.2, 0) is 16.6 Å². The molecule has 2 aromatic carbocycles. The average molecular weight is 311 g/mol. The second-order valence-electron chi connectivity index (χ2n) is 4.05. The molecule has 2 N–H and O–H groups in total. The zero-order valence-electron chi connectivity index (χ0n) is 10.3. The number of nitrogens with two attached hydrogens (primary N) is 1. The van der Waals surface area contributed by atoms with Crippen LogP contribution in [0.2, 0.25) is 5.02 Å². The van der Waals surface area contributed by atoms with Crippen molar-refractivity contribution < 1.29 is 9.13 Å². The molecule has 0 bridgehead atoms. The van der Waals surface area contributed by atoms with Crippen LogP contribution in [-0.4, -0.2) is 9.13 Å². The molecule has 1 atom stereocenters. The second-order valence-corrected chi connectivity index (χ2v) is 5.91. The van der Waals surface area contributed by atoms with Crippen LogP contribution in [0.4, 0.5) is 11.4 Å². The fraction of sp³-hybridized carbons (Fsp3) is 0.0769. The van der Waals surface area contributed by atoms with E-state index in [1.54, 1.807) is 18.2 Å². The third kappa shape index (κ3) is 3.15. The number of rotatable bonds is 4. The second kappa shape index (κ2) is 6.02. The van der Waals surface area contributed by atoms with Gasteiger partial charge < -0.3 is 5.73 Å². The molecule has 0 spiro atoms. The largest absolute Gasteiger partial charge is 0.398 e. The Balaban J connectivity index is 2.22. The zero-order chi connectivity index (χ0) is 14.7. The van der Waals surface area contributed by atoms with E-state index < -0.39 is 15.7 Å². The number of nitrogen functional groups attached to an aromatic ring is 1. The normalized spacial score (nSPS) is 12.1. The molecule has 7 heteroatoms. The Morgan fingerprint density at radius 2 is 1.85 bits per heavy atom. The van der Waals surface area contributed by atoms with Gasteiger partial charge in [0, 0.05) is 33.3 Å². The maximum Gasteiger partial charge on any atom is 0.269 e. The van der Waals surface area contributed by atoms with E-state index >= 15 is 0 Å². The lowest BCUT2D eigenvalue weighted by atomic mass is 10.2. The molecule has 0 heterocycles. The topological polar surface area (TPSA) is 86.2 Å². The maximum absolute atomic E-state index is 12.2. The van der Waals surface area contributed by atoms with Crippen LogP contribution >= 0.6 is 11.6 Å². The maximum atomic E-state index is 12.2. The lowest BCUT2D eigenvalue weighted by Crippen LogP contribution is -2.01. The van der Waals surface area contributed by atoms with Gasteiger partial charge in [-0.1, -0.05) is 17.7 Å². The van der Waals surface area contributed by atoms with E-state index in [0.717, 1.165) is 0 Å². The molecule has 0 aromatic heterocycles. The molecule has 0 amide bonds. The minimum absolute atomic E-state index is 0.0389. The first-order valence-corrected chi connectivity index (χ1v) is 7.34. The van der Waals surface area contributed by atoms with Gasteiger partial charge in [0.25, 0.3) is 5.69 Å². The van der Waals surface area contributed by atoms with E-state index in [9.17, 15) is 14.3 Å². The molecule has 0 fully saturated rings. The van der Waals surface area contributed by atoms with Gasteiger partial charge in [-0.2, -0.15) is 0 Å². The van der Waals surface area contributed by atoms with Crippen molar-refractivity contribution in [1.29, 1.82) is 0 Å². The Hall–Kier alpha value is -1.92. The van der Waals surface area contributed by atoms with Crippen molar-refractivity contribution in [3.63, 3.8) is 0 Å². The van der Waals surface area contributed by atoms with E-state index in [0.29, 0.717) is 21.2 Å². The first-order valence-electron chi connectivity index (χ1n) is 5.64. The van der Waals surface area contributed by atoms with Gasteiger partial charge in [0.05, 0.1) is 21.5 Å². The predicted octanol–water partition coefficient (Wildman–Crippen LogP) is 3.14. The van der Waals surface area contributed by atoms with E-state index in [2.05, 4.69) is 0 Å². The van der Waals surface area contributed by atoms with E-state index in [1.807, 2.05) is 0 Å². The van der Waals surface area contributed by atoms with Crippen LogP contribution in [0.5, 0.6) is 0 Å². The Kier molecular flexibility index (Phi) is 4.36. The number of anilines is 1. The number of nitro benzene ring substituents is 1. The molecular weight excluding hydrogens is 300 g/mol. The number of nitro groups is 1. The van der Waals surface area contributed by atoms with Crippen molar-refractivity contribution in [3.8, 4) is 0 Å². The summed E-state index contributed by atoms with van der Waals surface area (Å²) in [4.78, 5) is 10.6. The summed E-state index contributed by atoms with van der Waals surface area (Å²) in [5.41, 5.74) is 6.86. The van der Waals surface area contributed by atoms with Crippen LogP contribution in [0.15, 0.2) is 47.4 Å². The van der Waals surface area contributed by atoms with E-state index in [-0.39, 0.29) is 11.4 Å². The number of non-ortho nitro benzene ring substituents is 1. The van der Waals surface area contributed by atoms with Gasteiger partial charge in [0.2, 0.25) is 0 Å². The summed E-state index contributed by atoms with van der Waals surface area (Å²) in [5.74, 6) is 0.170. The summed E-state index contributed by atoms with van der Waals surface area (Å²) in [6, 6.07) is 10.7. The summed E-state index contributed by atoms with van der Waals surface area (Å²) < 4.78 is 12.2. The van der Waals surface area contributed by atoms with Gasteiger partial charge in [-0.15, -0.1) is 0 Å². The summed E-state index contributed by atoms with van der Waals surface area (Å²) in [5, 5.41) is 11.0. The highest BCUT2D eigenvalue weighted by Gasteiger charge is 2.12. The third-order valence-corrected chi connectivity index (χ3v) is 4.44. The number of nitrogens with zero attached hydrogens (tertiary/aromatic N) is 1. The van der Waals surface area contributed by atoms with Crippen molar-refractivity contribution in [2.75, 3.05) is 5.73 Å². The first-order chi connectivity index (χ1) is 9.49. The van der Waals surface area contributed by atoms with Gasteiger partial charge in [-0.25, -0.2) is 0 Å². The lowest BCUT2D eigenvalue weighted by Gasteiger charge is -2.07. The molecule has 0 aliphatic heterocycles. The van der Waals surface area contributed by atoms with Crippen molar-refractivity contribution >= 4 is 33.8 Å². The van der Waals surface area contributed by atoms with E-state index in [1.165, 1.54) is 24.3 Å². The van der Waals surface area contributed by atoms with Gasteiger partial charge in [-0.3, -0.25) is 14.3 Å². The molecule has 0 aliphatic rings. The highest BCUT2D eigenvalue weighted by Crippen LogP contribution is 2.25. The van der Waals surface area contributed by atoms with Crippen LogP contribution in [0, 0.1) is 10.1 Å². The van der Waals surface area contributed by atoms with Crippen LogP contribution in [0.1, 0.15) is 5.56 Å². The quantitative estimate of drug-likeness (QED) is 0.534. The number of hydrogen-bond donors (Lipinski definition) is 1.